The van der Waals surface area contributed by atoms with Crippen molar-refractivity contribution in [3.8, 4) is 45.6 Å². The van der Waals surface area contributed by atoms with Gasteiger partial charge in [-0.25, -0.2) is 0 Å². The van der Waals surface area contributed by atoms with E-state index in [0.717, 1.165) is 66.6 Å². The van der Waals surface area contributed by atoms with Crippen molar-refractivity contribution in [3.05, 3.63) is 87.5 Å². The van der Waals surface area contributed by atoms with Crippen LogP contribution in [0.3, 0.4) is 0 Å². The predicted molar refractivity (Wildman–Crippen MR) is 211 cm³/mol. The first-order valence-electron chi connectivity index (χ1n) is 20.1. The zero-order valence-electron chi connectivity index (χ0n) is 32.3. The van der Waals surface area contributed by atoms with E-state index in [-0.39, 0.29) is 55.1 Å². The van der Waals surface area contributed by atoms with Gasteiger partial charge in [-0.15, -0.1) is 0 Å². The van der Waals surface area contributed by atoms with Crippen molar-refractivity contribution in [2.75, 3.05) is 52.6 Å². The van der Waals surface area contributed by atoms with Crippen LogP contribution in [0.5, 0.6) is 34.5 Å². The number of hydrogen-bond donors (Lipinski definition) is 6. The summed E-state index contributed by atoms with van der Waals surface area (Å²) in [7, 11) is 3.14. The Balaban J connectivity index is 1.06. The van der Waals surface area contributed by atoms with E-state index in [9.17, 15) is 20.4 Å². The third-order valence-electron chi connectivity index (χ3n) is 13.4. The Morgan fingerprint density at radius 3 is 2.52 bits per heavy atom. The first-order chi connectivity index (χ1) is 27.3. The van der Waals surface area contributed by atoms with E-state index >= 15 is 0 Å². The number of benzene rings is 4. The number of phenolic OH excluding ortho intramolecular Hbond substituents is 1. The van der Waals surface area contributed by atoms with Crippen molar-refractivity contribution < 1.29 is 44.1 Å². The van der Waals surface area contributed by atoms with Gasteiger partial charge in [-0.1, -0.05) is 37.6 Å². The molecule has 2 heterocycles. The first kappa shape index (κ1) is 36.9. The SMILES string of the molecule is CCNCOc1cc(OC)c2c3c1[C@@H](O)Nc1cc4c(c(c1-3)CC2)[C@@H](O)[C@H](c1cc(OC)c(O)c(OC[C@@H](CO)[C@]23CCC[C@H]2CCc2ccccc23)c1)CO4. The number of anilines is 1. The molecule has 4 aromatic carbocycles. The number of aryl methyl sites for hydroxylation is 1. The summed E-state index contributed by atoms with van der Waals surface area (Å²) in [6.45, 7) is 3.35. The molecule has 6 atom stereocenters. The Morgan fingerprint density at radius 2 is 1.71 bits per heavy atom. The molecule has 9 rings (SSSR count). The van der Waals surface area contributed by atoms with Crippen LogP contribution in [0.2, 0.25) is 0 Å². The van der Waals surface area contributed by atoms with E-state index in [1.165, 1.54) is 18.2 Å². The molecule has 11 heteroatoms. The molecule has 0 amide bonds. The number of methoxy groups -OCH3 is 2. The van der Waals surface area contributed by atoms with Crippen LogP contribution in [0.25, 0.3) is 11.1 Å². The molecule has 1 saturated carbocycles. The molecule has 0 radical (unpaired) electrons. The van der Waals surface area contributed by atoms with Gasteiger partial charge in [-0.3, -0.25) is 5.32 Å². The second-order valence-corrected chi connectivity index (χ2v) is 15.9. The number of fused-ring (bicyclic) bond motifs is 5. The fraction of sp³-hybridized carbons (Fsp3) is 0.467. The lowest BCUT2D eigenvalue weighted by Crippen LogP contribution is -2.46. The van der Waals surface area contributed by atoms with Crippen LogP contribution >= 0.6 is 0 Å². The monoisotopic (exact) mass is 764 g/mol. The number of ether oxygens (including phenoxy) is 5. The highest BCUT2D eigenvalue weighted by Gasteiger charge is 2.52. The van der Waals surface area contributed by atoms with Crippen molar-refractivity contribution in [1.82, 2.24) is 5.32 Å². The fourth-order valence-electron chi connectivity index (χ4n) is 10.9. The van der Waals surface area contributed by atoms with Gasteiger partial charge in [0, 0.05) is 57.3 Å². The Bertz CT molecular complexity index is 2160. The summed E-state index contributed by atoms with van der Waals surface area (Å²) in [4.78, 5) is 0. The molecule has 0 spiro atoms. The minimum Gasteiger partial charge on any atom is -0.502 e. The van der Waals surface area contributed by atoms with Gasteiger partial charge in [0.2, 0.25) is 5.75 Å². The Labute approximate surface area is 327 Å². The maximum absolute atomic E-state index is 12.4. The molecule has 1 fully saturated rings. The average Bonchev–Trinajstić information content (AvgIpc) is 3.66. The third-order valence-corrected chi connectivity index (χ3v) is 13.4. The van der Waals surface area contributed by atoms with Crippen LogP contribution in [0, 0.1) is 11.8 Å². The number of rotatable bonds is 12. The molecule has 0 aromatic heterocycles. The van der Waals surface area contributed by atoms with Crippen LogP contribution in [-0.2, 0) is 24.7 Å². The molecular weight excluding hydrogens is 712 g/mol. The zero-order chi connectivity index (χ0) is 38.7. The van der Waals surface area contributed by atoms with Crippen molar-refractivity contribution in [3.63, 3.8) is 0 Å². The van der Waals surface area contributed by atoms with Crippen LogP contribution in [-0.4, -0.2) is 67.7 Å². The van der Waals surface area contributed by atoms with E-state index in [1.807, 2.05) is 19.1 Å². The minimum absolute atomic E-state index is 0.0344. The minimum atomic E-state index is -1.02. The summed E-state index contributed by atoms with van der Waals surface area (Å²) in [5.41, 5.74) is 8.95. The Morgan fingerprint density at radius 1 is 0.911 bits per heavy atom. The quantitative estimate of drug-likeness (QED) is 0.0701. The highest BCUT2D eigenvalue weighted by Crippen LogP contribution is 2.59. The van der Waals surface area contributed by atoms with Crippen LogP contribution in [0.1, 0.15) is 89.8 Å². The molecule has 0 bridgehead atoms. The van der Waals surface area contributed by atoms with E-state index in [2.05, 4.69) is 34.9 Å². The maximum atomic E-state index is 12.4. The standard InChI is InChI=1S/C45H52N2O9/c1-4-46-23-56-35-19-33(52-2)28-13-14-29-38-32(47-44(51)41(35)40(28)38)18-34-39(29)42(49)30(22-55-34)25-16-36(53-3)43(50)37(17-25)54-21-27(20-48)45-15-7-9-26(45)12-11-24-8-5-6-10-31(24)45/h5-6,8,10,16-19,26-27,30,42,44,46-51H,4,7,9,11-15,20-23H2,1-3H3/t26-,27+,30-,42-,44+,45-/m0/s1. The lowest BCUT2D eigenvalue weighted by molar-refractivity contribution is 0.0633. The molecule has 56 heavy (non-hydrogen) atoms. The van der Waals surface area contributed by atoms with Crippen LogP contribution < -0.4 is 34.3 Å². The van der Waals surface area contributed by atoms with Crippen molar-refractivity contribution in [1.29, 1.82) is 0 Å². The lowest BCUT2D eigenvalue weighted by atomic mass is 9.59. The molecule has 6 N–H and O–H groups in total. The summed E-state index contributed by atoms with van der Waals surface area (Å²) in [6, 6.07) is 15.9. The number of hydrogen-bond acceptors (Lipinski definition) is 11. The van der Waals surface area contributed by atoms with E-state index in [4.69, 9.17) is 23.7 Å². The van der Waals surface area contributed by atoms with Crippen molar-refractivity contribution in [2.45, 2.75) is 75.5 Å². The second-order valence-electron chi connectivity index (χ2n) is 15.9. The molecule has 5 aliphatic rings. The van der Waals surface area contributed by atoms with Crippen molar-refractivity contribution >= 4 is 5.69 Å². The molecule has 0 unspecified atom stereocenters. The van der Waals surface area contributed by atoms with Gasteiger partial charge in [0.05, 0.1) is 45.7 Å². The van der Waals surface area contributed by atoms with E-state index in [1.54, 1.807) is 19.2 Å². The molecule has 3 aliphatic carbocycles. The van der Waals surface area contributed by atoms with Crippen LogP contribution in [0.4, 0.5) is 5.69 Å². The highest BCUT2D eigenvalue weighted by molar-refractivity contribution is 5.93. The van der Waals surface area contributed by atoms with E-state index in [0.29, 0.717) is 52.7 Å². The summed E-state index contributed by atoms with van der Waals surface area (Å²) in [5.74, 6) is 1.91. The van der Waals surface area contributed by atoms with Gasteiger partial charge in [-0.2, -0.15) is 0 Å². The molecule has 4 aromatic rings. The summed E-state index contributed by atoms with van der Waals surface area (Å²) in [6.07, 6.45) is 4.65. The summed E-state index contributed by atoms with van der Waals surface area (Å²) in [5, 5.41) is 52.6. The first-order valence-corrected chi connectivity index (χ1v) is 20.1. The van der Waals surface area contributed by atoms with Crippen molar-refractivity contribution in [2.24, 2.45) is 11.8 Å². The summed E-state index contributed by atoms with van der Waals surface area (Å²) >= 11 is 0. The predicted octanol–water partition coefficient (Wildman–Crippen LogP) is 6.42. The van der Waals surface area contributed by atoms with Gasteiger partial charge in [0.1, 0.15) is 24.0 Å². The molecule has 2 aliphatic heterocycles. The lowest BCUT2D eigenvalue weighted by Gasteiger charge is -2.46. The topological polar surface area (TPSA) is 151 Å². The average molecular weight is 765 g/mol. The third kappa shape index (κ3) is 5.69. The van der Waals surface area contributed by atoms with Gasteiger partial charge in [0.25, 0.3) is 0 Å². The number of nitrogens with one attached hydrogen (secondary N) is 2. The molecule has 11 nitrogen and oxygen atoms in total. The number of aliphatic hydroxyl groups excluding tert-OH is 3. The van der Waals surface area contributed by atoms with Gasteiger partial charge < -0.3 is 49.4 Å². The fourth-order valence-corrected chi connectivity index (χ4v) is 10.9. The maximum Gasteiger partial charge on any atom is 0.200 e. The smallest absolute Gasteiger partial charge is 0.200 e. The number of phenols is 1. The zero-order valence-corrected chi connectivity index (χ0v) is 32.3. The Kier molecular flexibility index (Phi) is 9.68. The van der Waals surface area contributed by atoms with Gasteiger partial charge in [-0.05, 0) is 85.4 Å². The highest BCUT2D eigenvalue weighted by atomic mass is 16.5. The number of aromatic hydroxyl groups is 1. The van der Waals surface area contributed by atoms with Crippen LogP contribution in [0.15, 0.2) is 48.5 Å². The molecule has 0 saturated heterocycles. The Hall–Kier alpha value is -4.68. The van der Waals surface area contributed by atoms with Gasteiger partial charge >= 0.3 is 0 Å². The molecule has 296 valence electrons. The number of aliphatic hydroxyl groups is 3. The molecular formula is C45H52N2O9. The van der Waals surface area contributed by atoms with E-state index < -0.39 is 18.2 Å². The summed E-state index contributed by atoms with van der Waals surface area (Å²) < 4.78 is 30.6. The normalized spacial score (nSPS) is 24.4. The second kappa shape index (κ2) is 14.7. The largest absolute Gasteiger partial charge is 0.502 e. The van der Waals surface area contributed by atoms with Gasteiger partial charge in [0.15, 0.2) is 17.7 Å².